The van der Waals surface area contributed by atoms with E-state index >= 15 is 0 Å². The van der Waals surface area contributed by atoms with Crippen molar-refractivity contribution in [3.63, 3.8) is 0 Å². The number of ether oxygens (including phenoxy) is 1. The van der Waals surface area contributed by atoms with Crippen molar-refractivity contribution >= 4 is 15.9 Å². The van der Waals surface area contributed by atoms with E-state index in [2.05, 4.69) is 51.2 Å². The Morgan fingerprint density at radius 3 is 2.53 bits per heavy atom. The third-order valence-electron chi connectivity index (χ3n) is 3.67. The molecule has 0 atom stereocenters. The molecular formula is C16H24BrNO. The molecule has 1 aliphatic heterocycles. The van der Waals surface area contributed by atoms with Crippen LogP contribution in [0.3, 0.4) is 0 Å². The molecule has 0 aromatic heterocycles. The summed E-state index contributed by atoms with van der Waals surface area (Å²) in [4.78, 5) is 2.54. The van der Waals surface area contributed by atoms with Gasteiger partial charge >= 0.3 is 0 Å². The van der Waals surface area contributed by atoms with Gasteiger partial charge in [0.1, 0.15) is 0 Å². The van der Waals surface area contributed by atoms with Gasteiger partial charge in [-0.05, 0) is 31.2 Å². The second-order valence-corrected chi connectivity index (χ2v) is 6.02. The molecule has 0 amide bonds. The average Bonchev–Trinajstić information content (AvgIpc) is 2.46. The fourth-order valence-electron chi connectivity index (χ4n) is 2.52. The number of rotatable bonds is 7. The molecule has 2 rings (SSSR count). The molecule has 2 nitrogen and oxygen atoms in total. The van der Waals surface area contributed by atoms with Crippen LogP contribution in [0.5, 0.6) is 0 Å². The van der Waals surface area contributed by atoms with Crippen molar-refractivity contribution in [2.24, 2.45) is 0 Å². The zero-order valence-corrected chi connectivity index (χ0v) is 13.1. The molecule has 106 valence electrons. The lowest BCUT2D eigenvalue weighted by Crippen LogP contribution is -2.36. The normalized spacial score (nSPS) is 17.7. The van der Waals surface area contributed by atoms with Crippen LogP contribution in [0.1, 0.15) is 31.2 Å². The van der Waals surface area contributed by atoms with Crippen molar-refractivity contribution in [2.75, 3.05) is 25.0 Å². The monoisotopic (exact) mass is 325 g/mol. The first kappa shape index (κ1) is 15.0. The Balaban J connectivity index is 1.62. The van der Waals surface area contributed by atoms with Gasteiger partial charge in [0.2, 0.25) is 0 Å². The van der Waals surface area contributed by atoms with Gasteiger partial charge in [-0.1, -0.05) is 46.3 Å². The van der Waals surface area contributed by atoms with Gasteiger partial charge in [0.05, 0.1) is 6.10 Å². The van der Waals surface area contributed by atoms with E-state index < -0.39 is 0 Å². The highest BCUT2D eigenvalue weighted by atomic mass is 79.9. The zero-order chi connectivity index (χ0) is 13.3. The van der Waals surface area contributed by atoms with Gasteiger partial charge in [-0.3, -0.25) is 4.90 Å². The summed E-state index contributed by atoms with van der Waals surface area (Å²) < 4.78 is 5.94. The van der Waals surface area contributed by atoms with E-state index in [0.717, 1.165) is 31.6 Å². The molecule has 0 saturated carbocycles. The summed E-state index contributed by atoms with van der Waals surface area (Å²) in [5.74, 6) is 0. The van der Waals surface area contributed by atoms with Crippen molar-refractivity contribution in [2.45, 2.75) is 38.3 Å². The molecular weight excluding hydrogens is 302 g/mol. The first-order valence-electron chi connectivity index (χ1n) is 7.32. The predicted molar refractivity (Wildman–Crippen MR) is 83.7 cm³/mol. The molecule has 1 aromatic rings. The van der Waals surface area contributed by atoms with Crippen LogP contribution in [0.4, 0.5) is 0 Å². The lowest BCUT2D eigenvalue weighted by atomic mass is 10.1. The summed E-state index contributed by atoms with van der Waals surface area (Å²) in [5, 5.41) is 1.09. The summed E-state index contributed by atoms with van der Waals surface area (Å²) in [5.41, 5.74) is 1.42. The molecule has 1 saturated heterocycles. The van der Waals surface area contributed by atoms with E-state index in [0.29, 0.717) is 6.10 Å². The number of hydrogen-bond donors (Lipinski definition) is 0. The van der Waals surface area contributed by atoms with E-state index in [4.69, 9.17) is 4.74 Å². The van der Waals surface area contributed by atoms with Crippen LogP contribution in [-0.4, -0.2) is 36.0 Å². The highest BCUT2D eigenvalue weighted by Gasteiger charge is 2.19. The summed E-state index contributed by atoms with van der Waals surface area (Å²) >= 11 is 3.45. The van der Waals surface area contributed by atoms with E-state index in [1.165, 1.54) is 31.2 Å². The van der Waals surface area contributed by atoms with Gasteiger partial charge in [0.25, 0.3) is 0 Å². The Morgan fingerprint density at radius 2 is 1.84 bits per heavy atom. The molecule has 1 aliphatic rings. The number of benzene rings is 1. The minimum absolute atomic E-state index is 0.488. The van der Waals surface area contributed by atoms with Crippen molar-refractivity contribution in [1.82, 2.24) is 4.90 Å². The molecule has 1 aromatic carbocycles. The van der Waals surface area contributed by atoms with Crippen molar-refractivity contribution in [1.29, 1.82) is 0 Å². The van der Waals surface area contributed by atoms with Crippen LogP contribution in [0.15, 0.2) is 30.3 Å². The van der Waals surface area contributed by atoms with Gasteiger partial charge in [-0.15, -0.1) is 0 Å². The Hall–Kier alpha value is -0.380. The van der Waals surface area contributed by atoms with Crippen LogP contribution in [0, 0.1) is 0 Å². The summed E-state index contributed by atoms with van der Waals surface area (Å²) in [6.45, 7) is 4.34. The molecule has 0 radical (unpaired) electrons. The summed E-state index contributed by atoms with van der Waals surface area (Å²) in [7, 11) is 0. The second kappa shape index (κ2) is 8.72. The minimum Gasteiger partial charge on any atom is -0.378 e. The number of unbranched alkanes of at least 4 members (excludes halogenated alkanes) is 1. The largest absolute Gasteiger partial charge is 0.378 e. The Labute approximate surface area is 125 Å². The molecule has 1 heterocycles. The molecule has 0 spiro atoms. The molecule has 1 fully saturated rings. The van der Waals surface area contributed by atoms with E-state index in [9.17, 15) is 0 Å². The van der Waals surface area contributed by atoms with Gasteiger partial charge in [0.15, 0.2) is 0 Å². The Kier molecular flexibility index (Phi) is 6.90. The first-order valence-corrected chi connectivity index (χ1v) is 8.44. The number of alkyl halides is 1. The smallest absolute Gasteiger partial charge is 0.0599 e. The molecule has 0 unspecified atom stereocenters. The quantitative estimate of drug-likeness (QED) is 0.557. The summed E-state index contributed by atoms with van der Waals surface area (Å²) in [6.07, 6.45) is 5.24. The summed E-state index contributed by atoms with van der Waals surface area (Å²) in [6, 6.07) is 10.7. The number of halogens is 1. The molecule has 19 heavy (non-hydrogen) atoms. The van der Waals surface area contributed by atoms with Crippen LogP contribution in [-0.2, 0) is 11.3 Å². The third kappa shape index (κ3) is 5.64. The maximum atomic E-state index is 5.94. The van der Waals surface area contributed by atoms with E-state index in [1.54, 1.807) is 0 Å². The van der Waals surface area contributed by atoms with Gasteiger partial charge in [-0.25, -0.2) is 0 Å². The van der Waals surface area contributed by atoms with Crippen molar-refractivity contribution in [3.05, 3.63) is 35.9 Å². The first-order chi connectivity index (χ1) is 9.38. The lowest BCUT2D eigenvalue weighted by molar-refractivity contribution is 0.00486. The Morgan fingerprint density at radius 1 is 1.11 bits per heavy atom. The standard InChI is InChI=1S/C16H24BrNO/c17-10-4-5-13-19-16-8-11-18(12-9-16)14-15-6-2-1-3-7-15/h1-3,6-7,16H,4-5,8-14H2. The van der Waals surface area contributed by atoms with Crippen LogP contribution in [0.25, 0.3) is 0 Å². The number of hydrogen-bond acceptors (Lipinski definition) is 2. The lowest BCUT2D eigenvalue weighted by Gasteiger charge is -2.31. The fraction of sp³-hybridized carbons (Fsp3) is 0.625. The van der Waals surface area contributed by atoms with Crippen molar-refractivity contribution in [3.8, 4) is 0 Å². The zero-order valence-electron chi connectivity index (χ0n) is 11.6. The second-order valence-electron chi connectivity index (χ2n) is 5.23. The van der Waals surface area contributed by atoms with Crippen molar-refractivity contribution < 1.29 is 4.74 Å². The van der Waals surface area contributed by atoms with Gasteiger partial charge in [0, 0.05) is 31.6 Å². The van der Waals surface area contributed by atoms with Gasteiger partial charge < -0.3 is 4.74 Å². The van der Waals surface area contributed by atoms with Crippen LogP contribution in [0.2, 0.25) is 0 Å². The topological polar surface area (TPSA) is 12.5 Å². The molecule has 0 bridgehead atoms. The number of nitrogens with zero attached hydrogens (tertiary/aromatic N) is 1. The maximum absolute atomic E-state index is 5.94. The average molecular weight is 326 g/mol. The van der Waals surface area contributed by atoms with Crippen LogP contribution >= 0.6 is 15.9 Å². The molecule has 0 aliphatic carbocycles. The SMILES string of the molecule is BrCCCCOC1CCN(Cc2ccccc2)CC1. The third-order valence-corrected chi connectivity index (χ3v) is 4.23. The molecule has 3 heteroatoms. The van der Waals surface area contributed by atoms with Crippen LogP contribution < -0.4 is 0 Å². The number of likely N-dealkylation sites (tertiary alicyclic amines) is 1. The maximum Gasteiger partial charge on any atom is 0.0599 e. The van der Waals surface area contributed by atoms with E-state index in [1.807, 2.05) is 0 Å². The Bertz CT molecular complexity index is 336. The minimum atomic E-state index is 0.488. The van der Waals surface area contributed by atoms with Gasteiger partial charge in [-0.2, -0.15) is 0 Å². The molecule has 0 N–H and O–H groups in total. The highest BCUT2D eigenvalue weighted by molar-refractivity contribution is 9.09. The predicted octanol–water partition coefficient (Wildman–Crippen LogP) is 3.84. The van der Waals surface area contributed by atoms with E-state index in [-0.39, 0.29) is 0 Å². The number of piperidine rings is 1. The fourth-order valence-corrected chi connectivity index (χ4v) is 2.92. The highest BCUT2D eigenvalue weighted by Crippen LogP contribution is 2.16.